The van der Waals surface area contributed by atoms with Crippen molar-refractivity contribution in [1.29, 1.82) is 0 Å². The van der Waals surface area contributed by atoms with Crippen molar-refractivity contribution in [2.24, 2.45) is 0 Å². The summed E-state index contributed by atoms with van der Waals surface area (Å²) in [5, 5.41) is 1.94. The van der Waals surface area contributed by atoms with Crippen LogP contribution in [0.25, 0.3) is 10.8 Å². The molecule has 0 unspecified atom stereocenters. The lowest BCUT2D eigenvalue weighted by molar-refractivity contribution is 0.595. The molecule has 0 spiro atoms. The average molecular weight is 375 g/mol. The lowest BCUT2D eigenvalue weighted by Crippen LogP contribution is -2.06. The Bertz CT molecular complexity index is 946. The predicted molar refractivity (Wildman–Crippen MR) is 93.7 cm³/mol. The minimum atomic E-state index is -3.35. The molecule has 0 saturated heterocycles. The van der Waals surface area contributed by atoms with E-state index in [9.17, 15) is 8.42 Å². The van der Waals surface area contributed by atoms with Crippen LogP contribution < -0.4 is 0 Å². The molecule has 0 bridgehead atoms. The van der Waals surface area contributed by atoms with E-state index in [1.165, 1.54) is 0 Å². The Hall–Kier alpha value is -1.65. The zero-order chi connectivity index (χ0) is 15.7. The molecule has 3 aromatic carbocycles. The van der Waals surface area contributed by atoms with E-state index in [1.807, 2.05) is 55.5 Å². The van der Waals surface area contributed by atoms with E-state index in [0.29, 0.717) is 4.90 Å². The van der Waals surface area contributed by atoms with Crippen LogP contribution in [0.2, 0.25) is 0 Å². The number of sulfone groups is 1. The first-order valence-electron chi connectivity index (χ1n) is 6.92. The molecule has 0 atom stereocenters. The first-order valence-corrected chi connectivity index (χ1v) is 9.37. The molecule has 0 fully saturated rings. The molecule has 0 radical (unpaired) electrons. The molecular weight excluding hydrogens is 360 g/mol. The Morgan fingerprint density at radius 2 is 1.59 bits per heavy atom. The molecule has 0 saturated carbocycles. The average Bonchev–Trinajstić information content (AvgIpc) is 2.49. The van der Waals surface area contributed by atoms with Gasteiger partial charge in [-0.25, -0.2) is 8.42 Å². The van der Waals surface area contributed by atoms with E-state index >= 15 is 0 Å². The Morgan fingerprint density at radius 3 is 2.36 bits per heavy atom. The van der Waals surface area contributed by atoms with Crippen molar-refractivity contribution in [3.63, 3.8) is 0 Å². The standard InChI is InChI=1S/C18H15BrO2S/c1-13-4-2-3-5-16(13)12-22(20,21)18-9-7-14-10-17(19)8-6-15(14)11-18/h2-11H,12H2,1H3. The number of benzene rings is 3. The molecule has 4 heteroatoms. The van der Waals surface area contributed by atoms with Crippen LogP contribution in [0.3, 0.4) is 0 Å². The first-order chi connectivity index (χ1) is 10.5. The number of hydrogen-bond donors (Lipinski definition) is 0. The van der Waals surface area contributed by atoms with Gasteiger partial charge < -0.3 is 0 Å². The van der Waals surface area contributed by atoms with Crippen molar-refractivity contribution < 1.29 is 8.42 Å². The molecule has 0 amide bonds. The van der Waals surface area contributed by atoms with Gasteiger partial charge in [0, 0.05) is 4.47 Å². The number of hydrogen-bond acceptors (Lipinski definition) is 2. The van der Waals surface area contributed by atoms with Crippen LogP contribution in [0.5, 0.6) is 0 Å². The highest BCUT2D eigenvalue weighted by molar-refractivity contribution is 9.10. The van der Waals surface area contributed by atoms with Gasteiger partial charge in [-0.1, -0.05) is 52.3 Å². The second kappa shape index (κ2) is 5.86. The Balaban J connectivity index is 2.02. The van der Waals surface area contributed by atoms with Crippen molar-refractivity contribution in [3.8, 4) is 0 Å². The zero-order valence-electron chi connectivity index (χ0n) is 12.1. The van der Waals surface area contributed by atoms with Gasteiger partial charge in [0.2, 0.25) is 0 Å². The van der Waals surface area contributed by atoms with E-state index in [-0.39, 0.29) is 5.75 Å². The molecule has 22 heavy (non-hydrogen) atoms. The van der Waals surface area contributed by atoms with Gasteiger partial charge in [0.1, 0.15) is 0 Å². The number of rotatable bonds is 3. The van der Waals surface area contributed by atoms with Crippen molar-refractivity contribution in [3.05, 3.63) is 76.3 Å². The molecular formula is C18H15BrO2S. The summed E-state index contributed by atoms with van der Waals surface area (Å²) in [4.78, 5) is 0.366. The molecule has 0 aliphatic carbocycles. The molecule has 0 aliphatic heterocycles. The maximum absolute atomic E-state index is 12.7. The van der Waals surface area contributed by atoms with Gasteiger partial charge in [0.05, 0.1) is 10.6 Å². The van der Waals surface area contributed by atoms with Crippen LogP contribution >= 0.6 is 15.9 Å². The third kappa shape index (κ3) is 3.08. The Morgan fingerprint density at radius 1 is 0.909 bits per heavy atom. The molecule has 112 valence electrons. The Labute approximate surface area is 138 Å². The summed E-state index contributed by atoms with van der Waals surface area (Å²) in [6, 6.07) is 18.7. The normalized spacial score (nSPS) is 11.7. The van der Waals surface area contributed by atoms with E-state index < -0.39 is 9.84 Å². The summed E-state index contributed by atoms with van der Waals surface area (Å²) < 4.78 is 26.3. The van der Waals surface area contributed by atoms with Crippen LogP contribution in [-0.4, -0.2) is 8.42 Å². The molecule has 3 rings (SSSR count). The minimum absolute atomic E-state index is 0.0295. The fraction of sp³-hybridized carbons (Fsp3) is 0.111. The largest absolute Gasteiger partial charge is 0.223 e. The van der Waals surface area contributed by atoms with E-state index in [1.54, 1.807) is 12.1 Å². The number of fused-ring (bicyclic) bond motifs is 1. The van der Waals surface area contributed by atoms with Crippen LogP contribution in [0, 0.1) is 6.92 Å². The van der Waals surface area contributed by atoms with Crippen LogP contribution in [0.4, 0.5) is 0 Å². The summed E-state index contributed by atoms with van der Waals surface area (Å²) in [5.41, 5.74) is 1.84. The van der Waals surface area contributed by atoms with Gasteiger partial charge in [0.15, 0.2) is 9.84 Å². The highest BCUT2D eigenvalue weighted by atomic mass is 79.9. The lowest BCUT2D eigenvalue weighted by Gasteiger charge is -2.08. The van der Waals surface area contributed by atoms with Crippen molar-refractivity contribution in [1.82, 2.24) is 0 Å². The van der Waals surface area contributed by atoms with Crippen molar-refractivity contribution in [2.45, 2.75) is 17.6 Å². The maximum Gasteiger partial charge on any atom is 0.182 e. The molecule has 0 aliphatic rings. The van der Waals surface area contributed by atoms with E-state index in [2.05, 4.69) is 15.9 Å². The smallest absolute Gasteiger partial charge is 0.182 e. The highest BCUT2D eigenvalue weighted by Crippen LogP contribution is 2.25. The molecule has 0 N–H and O–H groups in total. The molecule has 0 aromatic heterocycles. The van der Waals surface area contributed by atoms with Crippen LogP contribution in [-0.2, 0) is 15.6 Å². The zero-order valence-corrected chi connectivity index (χ0v) is 14.5. The fourth-order valence-corrected chi connectivity index (χ4v) is 4.31. The van der Waals surface area contributed by atoms with Crippen LogP contribution in [0.1, 0.15) is 11.1 Å². The third-order valence-electron chi connectivity index (χ3n) is 3.74. The quantitative estimate of drug-likeness (QED) is 0.654. The third-order valence-corrected chi connectivity index (χ3v) is 5.90. The number of aryl methyl sites for hydroxylation is 1. The highest BCUT2D eigenvalue weighted by Gasteiger charge is 2.16. The summed E-state index contributed by atoms with van der Waals surface area (Å²) in [6.45, 7) is 1.93. The van der Waals surface area contributed by atoms with E-state index in [0.717, 1.165) is 26.4 Å². The minimum Gasteiger partial charge on any atom is -0.223 e. The first kappa shape index (κ1) is 15.3. The molecule has 0 heterocycles. The van der Waals surface area contributed by atoms with Crippen LogP contribution in [0.15, 0.2) is 70.0 Å². The molecule has 2 nitrogen and oxygen atoms in total. The predicted octanol–water partition coefficient (Wildman–Crippen LogP) is 4.88. The fourth-order valence-electron chi connectivity index (χ4n) is 2.45. The summed E-state index contributed by atoms with van der Waals surface area (Å²) in [5.74, 6) is 0.0295. The summed E-state index contributed by atoms with van der Waals surface area (Å²) in [7, 11) is -3.35. The second-order valence-electron chi connectivity index (χ2n) is 5.34. The van der Waals surface area contributed by atoms with Gasteiger partial charge in [-0.2, -0.15) is 0 Å². The van der Waals surface area contributed by atoms with Gasteiger partial charge in [0.25, 0.3) is 0 Å². The van der Waals surface area contributed by atoms with Gasteiger partial charge >= 0.3 is 0 Å². The van der Waals surface area contributed by atoms with Crippen molar-refractivity contribution in [2.75, 3.05) is 0 Å². The van der Waals surface area contributed by atoms with Gasteiger partial charge in [-0.15, -0.1) is 0 Å². The monoisotopic (exact) mass is 374 g/mol. The lowest BCUT2D eigenvalue weighted by atomic mass is 10.1. The second-order valence-corrected chi connectivity index (χ2v) is 8.24. The topological polar surface area (TPSA) is 34.1 Å². The van der Waals surface area contributed by atoms with Crippen molar-refractivity contribution >= 4 is 36.5 Å². The molecule has 3 aromatic rings. The van der Waals surface area contributed by atoms with Gasteiger partial charge in [-0.3, -0.25) is 0 Å². The summed E-state index contributed by atoms with van der Waals surface area (Å²) in [6.07, 6.45) is 0. The summed E-state index contributed by atoms with van der Waals surface area (Å²) >= 11 is 3.42. The SMILES string of the molecule is Cc1ccccc1CS(=O)(=O)c1ccc2cc(Br)ccc2c1. The van der Waals surface area contributed by atoms with Gasteiger partial charge in [-0.05, 0) is 53.1 Å². The maximum atomic E-state index is 12.7. The van der Waals surface area contributed by atoms with E-state index in [4.69, 9.17) is 0 Å². The Kier molecular flexibility index (Phi) is 4.06. The number of halogens is 1.